The average molecular weight is 603 g/mol. The normalized spacial score (nSPS) is 12.3. The number of amides is 2. The summed E-state index contributed by atoms with van der Waals surface area (Å²) in [7, 11) is -1.49. The molecular weight excluding hydrogens is 567 g/mol. The van der Waals surface area contributed by atoms with Gasteiger partial charge in [-0.2, -0.15) is 12.7 Å². The summed E-state index contributed by atoms with van der Waals surface area (Å²) in [6.07, 6.45) is 0.192. The molecule has 8 nitrogen and oxygen atoms in total. The van der Waals surface area contributed by atoms with Crippen LogP contribution < -0.4 is 9.62 Å². The third-order valence-corrected chi connectivity index (χ3v) is 8.58. The van der Waals surface area contributed by atoms with E-state index < -0.39 is 34.5 Å². The van der Waals surface area contributed by atoms with Crippen molar-refractivity contribution in [3.63, 3.8) is 0 Å². The van der Waals surface area contributed by atoms with Gasteiger partial charge >= 0.3 is 10.2 Å². The van der Waals surface area contributed by atoms with E-state index in [1.54, 1.807) is 24.3 Å². The van der Waals surface area contributed by atoms with Crippen molar-refractivity contribution in [2.24, 2.45) is 5.92 Å². The fourth-order valence-corrected chi connectivity index (χ4v) is 5.36. The van der Waals surface area contributed by atoms with Crippen LogP contribution in [0.5, 0.6) is 0 Å². The Morgan fingerprint density at radius 1 is 0.927 bits per heavy atom. The van der Waals surface area contributed by atoms with Crippen molar-refractivity contribution in [3.05, 3.63) is 101 Å². The van der Waals surface area contributed by atoms with Crippen LogP contribution in [0.25, 0.3) is 0 Å². The van der Waals surface area contributed by atoms with Gasteiger partial charge in [-0.25, -0.2) is 8.70 Å². The van der Waals surface area contributed by atoms with Crippen LogP contribution in [0.3, 0.4) is 0 Å². The van der Waals surface area contributed by atoms with E-state index in [2.05, 4.69) is 5.32 Å². The summed E-state index contributed by atoms with van der Waals surface area (Å²) in [5.41, 5.74) is 1.53. The molecule has 41 heavy (non-hydrogen) atoms. The predicted molar refractivity (Wildman–Crippen MR) is 160 cm³/mol. The van der Waals surface area contributed by atoms with E-state index in [1.165, 1.54) is 31.1 Å². The molecule has 0 spiro atoms. The third-order valence-electron chi connectivity index (χ3n) is 6.39. The van der Waals surface area contributed by atoms with Gasteiger partial charge in [0.15, 0.2) is 0 Å². The predicted octanol–water partition coefficient (Wildman–Crippen LogP) is 4.50. The summed E-state index contributed by atoms with van der Waals surface area (Å²) in [4.78, 5) is 29.2. The number of nitrogens with one attached hydrogen (secondary N) is 1. The van der Waals surface area contributed by atoms with Gasteiger partial charge in [0.2, 0.25) is 11.8 Å². The molecule has 220 valence electrons. The molecule has 0 radical (unpaired) electrons. The zero-order chi connectivity index (χ0) is 30.2. The number of anilines is 1. The Morgan fingerprint density at radius 2 is 1.54 bits per heavy atom. The molecule has 0 aliphatic rings. The first kappa shape index (κ1) is 32.0. The van der Waals surface area contributed by atoms with Gasteiger partial charge < -0.3 is 10.2 Å². The monoisotopic (exact) mass is 602 g/mol. The number of carbonyl (C=O) groups excluding carboxylic acids is 2. The molecule has 3 aromatic rings. The Morgan fingerprint density at radius 3 is 2.12 bits per heavy atom. The number of hydrogen-bond donors (Lipinski definition) is 1. The maximum atomic E-state index is 14.2. The topological polar surface area (TPSA) is 90.0 Å². The summed E-state index contributed by atoms with van der Waals surface area (Å²) in [6.45, 7) is 3.66. The molecule has 0 unspecified atom stereocenters. The first-order valence-electron chi connectivity index (χ1n) is 13.2. The van der Waals surface area contributed by atoms with Crippen LogP contribution in [0.2, 0.25) is 5.02 Å². The summed E-state index contributed by atoms with van der Waals surface area (Å²) in [5.74, 6) is -1.37. The zero-order valence-corrected chi connectivity index (χ0v) is 25.2. The van der Waals surface area contributed by atoms with Gasteiger partial charge in [0.05, 0.1) is 5.69 Å². The molecule has 0 aliphatic heterocycles. The second-order valence-electron chi connectivity index (χ2n) is 10.2. The number of benzene rings is 3. The number of nitrogens with zero attached hydrogens (tertiary/aromatic N) is 3. The molecule has 0 fully saturated rings. The SMILES string of the molecule is CC(C)CNC(=O)[C@H](Cc1ccccc1)N(Cc1ccccc1Cl)C(=O)CN(c1ccc(F)cc1)S(=O)(=O)N(C)C. The Labute approximate surface area is 246 Å². The van der Waals surface area contributed by atoms with E-state index in [0.717, 1.165) is 26.3 Å². The zero-order valence-electron chi connectivity index (χ0n) is 23.6. The highest BCUT2D eigenvalue weighted by molar-refractivity contribution is 7.90. The van der Waals surface area contributed by atoms with E-state index >= 15 is 0 Å². The maximum absolute atomic E-state index is 14.2. The van der Waals surface area contributed by atoms with Gasteiger partial charge in [0.1, 0.15) is 18.4 Å². The second-order valence-corrected chi connectivity index (χ2v) is 12.7. The van der Waals surface area contributed by atoms with Crippen molar-refractivity contribution in [1.82, 2.24) is 14.5 Å². The molecule has 1 N–H and O–H groups in total. The van der Waals surface area contributed by atoms with Gasteiger partial charge in [-0.1, -0.05) is 74.0 Å². The van der Waals surface area contributed by atoms with Crippen LogP contribution in [0.15, 0.2) is 78.9 Å². The Bertz CT molecular complexity index is 1420. The average Bonchev–Trinajstić information content (AvgIpc) is 2.94. The molecule has 0 saturated heterocycles. The van der Waals surface area contributed by atoms with Gasteiger partial charge in [0.25, 0.3) is 0 Å². The quantitative estimate of drug-likeness (QED) is 0.312. The Hall–Kier alpha value is -3.47. The largest absolute Gasteiger partial charge is 0.354 e. The van der Waals surface area contributed by atoms with Crippen LogP contribution in [0.1, 0.15) is 25.0 Å². The highest BCUT2D eigenvalue weighted by Crippen LogP contribution is 2.24. The highest BCUT2D eigenvalue weighted by atomic mass is 35.5. The van der Waals surface area contributed by atoms with E-state index in [1.807, 2.05) is 44.2 Å². The fraction of sp³-hybridized carbons (Fsp3) is 0.333. The first-order valence-corrected chi connectivity index (χ1v) is 15.0. The minimum Gasteiger partial charge on any atom is -0.354 e. The summed E-state index contributed by atoms with van der Waals surface area (Å²) < 4.78 is 42.3. The molecule has 3 rings (SSSR count). The molecule has 11 heteroatoms. The Balaban J connectivity index is 2.09. The molecule has 1 atom stereocenters. The highest BCUT2D eigenvalue weighted by Gasteiger charge is 2.35. The van der Waals surface area contributed by atoms with Crippen molar-refractivity contribution in [2.75, 3.05) is 31.5 Å². The number of halogens is 2. The van der Waals surface area contributed by atoms with Crippen molar-refractivity contribution in [1.29, 1.82) is 0 Å². The lowest BCUT2D eigenvalue weighted by molar-refractivity contribution is -0.140. The second kappa shape index (κ2) is 14.4. The summed E-state index contributed by atoms with van der Waals surface area (Å²) in [5, 5.41) is 3.34. The molecule has 0 bridgehead atoms. The van der Waals surface area contributed by atoms with Crippen LogP contribution >= 0.6 is 11.6 Å². The van der Waals surface area contributed by atoms with Crippen molar-refractivity contribution < 1.29 is 22.4 Å². The molecule has 0 aliphatic carbocycles. The Kier molecular flexibility index (Phi) is 11.3. The van der Waals surface area contributed by atoms with Crippen molar-refractivity contribution >= 4 is 39.3 Å². The van der Waals surface area contributed by atoms with Gasteiger partial charge in [-0.05, 0) is 47.4 Å². The maximum Gasteiger partial charge on any atom is 0.304 e. The minimum atomic E-state index is -4.17. The van der Waals surface area contributed by atoms with Gasteiger partial charge in [-0.15, -0.1) is 0 Å². The van der Waals surface area contributed by atoms with Crippen LogP contribution in [0, 0.1) is 11.7 Å². The number of carbonyl (C=O) groups is 2. The van der Waals surface area contributed by atoms with Gasteiger partial charge in [0, 0.05) is 38.6 Å². The van der Waals surface area contributed by atoms with Gasteiger partial charge in [-0.3, -0.25) is 9.59 Å². The molecule has 3 aromatic carbocycles. The van der Waals surface area contributed by atoms with Crippen LogP contribution in [0.4, 0.5) is 10.1 Å². The fourth-order valence-electron chi connectivity index (χ4n) is 4.11. The first-order chi connectivity index (χ1) is 19.4. The lowest BCUT2D eigenvalue weighted by Gasteiger charge is -2.34. The minimum absolute atomic E-state index is 0.0373. The van der Waals surface area contributed by atoms with E-state index in [0.29, 0.717) is 17.1 Å². The number of hydrogen-bond acceptors (Lipinski definition) is 4. The van der Waals surface area contributed by atoms with E-state index in [4.69, 9.17) is 11.6 Å². The van der Waals surface area contributed by atoms with E-state index in [-0.39, 0.29) is 30.5 Å². The number of rotatable bonds is 13. The molecule has 0 aromatic heterocycles. The molecular formula is C30H36ClFN4O4S. The smallest absolute Gasteiger partial charge is 0.304 e. The van der Waals surface area contributed by atoms with Crippen LogP contribution in [-0.2, 0) is 32.8 Å². The van der Waals surface area contributed by atoms with Crippen LogP contribution in [-0.4, -0.2) is 62.7 Å². The summed E-state index contributed by atoms with van der Waals surface area (Å²) in [6, 6.07) is 20.1. The van der Waals surface area contributed by atoms with E-state index in [9.17, 15) is 22.4 Å². The summed E-state index contributed by atoms with van der Waals surface area (Å²) >= 11 is 6.46. The standard InChI is InChI=1S/C30H36ClFN4O4S/c1-22(2)19-33-30(38)28(18-23-10-6-5-7-11-23)35(20-24-12-8-9-13-27(24)31)29(37)21-36(41(39,40)34(3)4)26-16-14-25(32)15-17-26/h5-17,22,28H,18-21H2,1-4H3,(H,33,38)/t28-/m0/s1. The molecule has 2 amide bonds. The van der Waals surface area contributed by atoms with Crippen molar-refractivity contribution in [2.45, 2.75) is 32.9 Å². The molecule has 0 saturated carbocycles. The lowest BCUT2D eigenvalue weighted by Crippen LogP contribution is -2.54. The van der Waals surface area contributed by atoms with Crippen molar-refractivity contribution in [3.8, 4) is 0 Å². The lowest BCUT2D eigenvalue weighted by atomic mass is 10.0. The molecule has 0 heterocycles. The third kappa shape index (κ3) is 8.76.